The van der Waals surface area contributed by atoms with Gasteiger partial charge in [0.25, 0.3) is 5.91 Å². The number of likely N-dealkylation sites (tertiary alicyclic amines) is 1. The molecular formula is C15H14N4O. The van der Waals surface area contributed by atoms with Gasteiger partial charge in [0.2, 0.25) is 0 Å². The van der Waals surface area contributed by atoms with Crippen molar-refractivity contribution in [2.45, 2.75) is 25.3 Å². The van der Waals surface area contributed by atoms with E-state index in [1.165, 1.54) is 0 Å². The van der Waals surface area contributed by atoms with E-state index < -0.39 is 0 Å². The van der Waals surface area contributed by atoms with Crippen LogP contribution in [0.25, 0.3) is 11.0 Å². The Kier molecular flexibility index (Phi) is 3.30. The van der Waals surface area contributed by atoms with Crippen LogP contribution in [0.1, 0.15) is 29.6 Å². The van der Waals surface area contributed by atoms with Gasteiger partial charge in [0.05, 0.1) is 17.1 Å². The topological polar surface area (TPSA) is 69.9 Å². The third kappa shape index (κ3) is 2.10. The van der Waals surface area contributed by atoms with E-state index in [9.17, 15) is 10.1 Å². The van der Waals surface area contributed by atoms with Crippen molar-refractivity contribution in [3.8, 4) is 6.07 Å². The normalized spacial score (nSPS) is 18.8. The molecule has 3 rings (SSSR count). The number of hydrogen-bond acceptors (Lipinski definition) is 4. The Morgan fingerprint density at radius 2 is 2.15 bits per heavy atom. The van der Waals surface area contributed by atoms with Gasteiger partial charge in [0.1, 0.15) is 11.6 Å². The summed E-state index contributed by atoms with van der Waals surface area (Å²) in [5.41, 5.74) is 1.82. The number of aromatic nitrogens is 2. The van der Waals surface area contributed by atoms with Gasteiger partial charge in [-0.15, -0.1) is 0 Å². The number of nitriles is 1. The molecule has 5 heteroatoms. The fourth-order valence-corrected chi connectivity index (χ4v) is 2.63. The van der Waals surface area contributed by atoms with Gasteiger partial charge in [0, 0.05) is 18.9 Å². The Hall–Kier alpha value is -2.48. The zero-order chi connectivity index (χ0) is 13.9. The maximum Gasteiger partial charge on any atom is 0.257 e. The molecule has 1 fully saturated rings. The lowest BCUT2D eigenvalue weighted by molar-refractivity contribution is 0.0672. The van der Waals surface area contributed by atoms with E-state index in [2.05, 4.69) is 16.0 Å². The molecule has 1 atom stereocenters. The highest BCUT2D eigenvalue weighted by atomic mass is 16.2. The number of benzene rings is 1. The lowest BCUT2D eigenvalue weighted by Crippen LogP contribution is -2.43. The largest absolute Gasteiger partial charge is 0.323 e. The van der Waals surface area contributed by atoms with E-state index >= 15 is 0 Å². The smallest absolute Gasteiger partial charge is 0.257 e. The molecule has 0 N–H and O–H groups in total. The molecule has 20 heavy (non-hydrogen) atoms. The van der Waals surface area contributed by atoms with Crippen LogP contribution in [0.15, 0.2) is 30.6 Å². The second kappa shape index (κ2) is 5.25. The first-order valence-corrected chi connectivity index (χ1v) is 6.71. The molecular weight excluding hydrogens is 252 g/mol. The Balaban J connectivity index is 2.02. The molecule has 1 aromatic carbocycles. The average molecular weight is 266 g/mol. The zero-order valence-corrected chi connectivity index (χ0v) is 11.0. The van der Waals surface area contributed by atoms with Gasteiger partial charge in [-0.2, -0.15) is 5.26 Å². The molecule has 5 nitrogen and oxygen atoms in total. The van der Waals surface area contributed by atoms with Crippen molar-refractivity contribution in [2.75, 3.05) is 6.54 Å². The summed E-state index contributed by atoms with van der Waals surface area (Å²) in [6, 6.07) is 7.28. The molecule has 0 spiro atoms. The number of rotatable bonds is 1. The first-order chi connectivity index (χ1) is 9.81. The van der Waals surface area contributed by atoms with Gasteiger partial charge in [-0.25, -0.2) is 0 Å². The highest BCUT2D eigenvalue weighted by Crippen LogP contribution is 2.22. The standard InChI is InChI=1S/C15H14N4O/c16-10-11-4-1-2-9-19(11)15(20)12-5-3-6-13-14(12)18-8-7-17-13/h3,5-8,11H,1-2,4,9H2. The molecule has 0 aliphatic carbocycles. The Bertz CT molecular complexity index is 686. The molecule has 2 aromatic rings. The Morgan fingerprint density at radius 3 is 3.00 bits per heavy atom. The molecule has 1 amide bonds. The highest BCUT2D eigenvalue weighted by molar-refractivity contribution is 6.04. The van der Waals surface area contributed by atoms with Gasteiger partial charge in [-0.05, 0) is 31.4 Å². The van der Waals surface area contributed by atoms with Crippen LogP contribution in [-0.2, 0) is 0 Å². The van der Waals surface area contributed by atoms with Gasteiger partial charge in [-0.1, -0.05) is 6.07 Å². The average Bonchev–Trinajstić information content (AvgIpc) is 2.53. The van der Waals surface area contributed by atoms with E-state index in [1.807, 2.05) is 6.07 Å². The molecule has 0 bridgehead atoms. The first-order valence-electron chi connectivity index (χ1n) is 6.71. The van der Waals surface area contributed by atoms with Crippen LogP contribution in [0.5, 0.6) is 0 Å². The van der Waals surface area contributed by atoms with Crippen molar-refractivity contribution in [3.63, 3.8) is 0 Å². The van der Waals surface area contributed by atoms with Crippen LogP contribution >= 0.6 is 0 Å². The number of hydrogen-bond donors (Lipinski definition) is 0. The molecule has 1 aromatic heterocycles. The van der Waals surface area contributed by atoms with Gasteiger partial charge in [0.15, 0.2) is 0 Å². The van der Waals surface area contributed by atoms with E-state index in [-0.39, 0.29) is 11.9 Å². The number of piperidine rings is 1. The van der Waals surface area contributed by atoms with Crippen molar-refractivity contribution in [1.82, 2.24) is 14.9 Å². The minimum atomic E-state index is -0.330. The van der Waals surface area contributed by atoms with E-state index in [1.54, 1.807) is 29.4 Å². The van der Waals surface area contributed by atoms with E-state index in [0.717, 1.165) is 19.3 Å². The monoisotopic (exact) mass is 266 g/mol. The summed E-state index contributed by atoms with van der Waals surface area (Å²) < 4.78 is 0. The summed E-state index contributed by atoms with van der Waals surface area (Å²) in [7, 11) is 0. The molecule has 0 saturated carbocycles. The van der Waals surface area contributed by atoms with Crippen molar-refractivity contribution < 1.29 is 4.79 Å². The fraction of sp³-hybridized carbons (Fsp3) is 0.333. The summed E-state index contributed by atoms with van der Waals surface area (Å²) in [6.07, 6.45) is 5.88. The predicted molar refractivity (Wildman–Crippen MR) is 73.8 cm³/mol. The molecule has 1 saturated heterocycles. The number of carbonyl (C=O) groups is 1. The van der Waals surface area contributed by atoms with Crippen LogP contribution < -0.4 is 0 Å². The summed E-state index contributed by atoms with van der Waals surface area (Å²) in [5.74, 6) is -0.123. The summed E-state index contributed by atoms with van der Waals surface area (Å²) in [6.45, 7) is 0.633. The second-order valence-corrected chi connectivity index (χ2v) is 4.87. The summed E-state index contributed by atoms with van der Waals surface area (Å²) in [4.78, 5) is 22.8. The minimum Gasteiger partial charge on any atom is -0.323 e. The van der Waals surface area contributed by atoms with Crippen molar-refractivity contribution in [2.24, 2.45) is 0 Å². The number of amides is 1. The molecule has 1 unspecified atom stereocenters. The molecule has 2 heterocycles. The SMILES string of the molecule is N#CC1CCCCN1C(=O)c1cccc2nccnc12. The van der Waals surface area contributed by atoms with Crippen LogP contribution in [0.2, 0.25) is 0 Å². The highest BCUT2D eigenvalue weighted by Gasteiger charge is 2.28. The van der Waals surface area contributed by atoms with Crippen LogP contribution in [0.3, 0.4) is 0 Å². The predicted octanol–water partition coefficient (Wildman–Crippen LogP) is 2.15. The van der Waals surface area contributed by atoms with Crippen molar-refractivity contribution in [1.29, 1.82) is 5.26 Å². The molecule has 1 aliphatic rings. The number of carbonyl (C=O) groups excluding carboxylic acids is 1. The Labute approximate surface area is 116 Å². The third-order valence-corrected chi connectivity index (χ3v) is 3.64. The zero-order valence-electron chi connectivity index (χ0n) is 11.0. The van der Waals surface area contributed by atoms with Crippen LogP contribution in [0, 0.1) is 11.3 Å². The van der Waals surface area contributed by atoms with Crippen LogP contribution in [0.4, 0.5) is 0 Å². The minimum absolute atomic E-state index is 0.123. The maximum absolute atomic E-state index is 12.7. The van der Waals surface area contributed by atoms with Crippen molar-refractivity contribution >= 4 is 16.9 Å². The summed E-state index contributed by atoms with van der Waals surface area (Å²) in [5, 5.41) is 9.20. The Morgan fingerprint density at radius 1 is 1.30 bits per heavy atom. The molecule has 100 valence electrons. The van der Waals surface area contributed by atoms with Gasteiger partial charge < -0.3 is 4.90 Å². The lowest BCUT2D eigenvalue weighted by atomic mass is 10.0. The summed E-state index contributed by atoms with van der Waals surface area (Å²) >= 11 is 0. The molecule has 1 aliphatic heterocycles. The quantitative estimate of drug-likeness (QED) is 0.793. The fourth-order valence-electron chi connectivity index (χ4n) is 2.63. The van der Waals surface area contributed by atoms with Gasteiger partial charge in [-0.3, -0.25) is 14.8 Å². The first kappa shape index (κ1) is 12.5. The molecule has 0 radical (unpaired) electrons. The van der Waals surface area contributed by atoms with Gasteiger partial charge >= 0.3 is 0 Å². The lowest BCUT2D eigenvalue weighted by Gasteiger charge is -2.31. The maximum atomic E-state index is 12.7. The third-order valence-electron chi connectivity index (χ3n) is 3.64. The van der Waals surface area contributed by atoms with E-state index in [0.29, 0.717) is 23.1 Å². The van der Waals surface area contributed by atoms with Crippen LogP contribution in [-0.4, -0.2) is 33.4 Å². The van der Waals surface area contributed by atoms with E-state index in [4.69, 9.17) is 0 Å². The second-order valence-electron chi connectivity index (χ2n) is 4.87. The van der Waals surface area contributed by atoms with Crippen molar-refractivity contribution in [3.05, 3.63) is 36.2 Å². The number of nitrogens with zero attached hydrogens (tertiary/aromatic N) is 4. The number of fused-ring (bicyclic) bond motifs is 1. The number of para-hydroxylation sites is 1.